The Kier molecular flexibility index (Phi) is 4.65. The molecule has 1 amide bonds. The second-order valence-corrected chi connectivity index (χ2v) is 6.57. The van der Waals surface area contributed by atoms with E-state index in [-0.39, 0.29) is 11.7 Å². The normalized spacial score (nSPS) is 10.9. The minimum absolute atomic E-state index is 0.0897. The number of hydrogen-bond donors (Lipinski definition) is 2. The first-order chi connectivity index (χ1) is 12.8. The third-order valence-corrected chi connectivity index (χ3v) is 4.60. The first-order valence-electron chi connectivity index (χ1n) is 8.07. The highest BCUT2D eigenvalue weighted by molar-refractivity contribution is 7.99. The van der Waals surface area contributed by atoms with Gasteiger partial charge in [-0.1, -0.05) is 42.1 Å². The number of imidazole rings is 1. The van der Waals surface area contributed by atoms with E-state index in [1.807, 2.05) is 59.2 Å². The molecule has 0 saturated heterocycles. The van der Waals surface area contributed by atoms with Crippen LogP contribution in [0.4, 0.5) is 5.69 Å². The largest absolute Gasteiger partial charge is 0.325 e. The molecule has 4 aromatic rings. The zero-order chi connectivity index (χ0) is 17.8. The molecular formula is C18H16N6OS. The second-order valence-electron chi connectivity index (χ2n) is 5.63. The number of carbonyl (C=O) groups excluding carboxylic acids is 1. The monoisotopic (exact) mass is 364 g/mol. The number of nitrogens with zero attached hydrogens (tertiary/aromatic N) is 4. The highest BCUT2D eigenvalue weighted by atomic mass is 32.2. The van der Waals surface area contributed by atoms with E-state index in [1.165, 1.54) is 11.8 Å². The summed E-state index contributed by atoms with van der Waals surface area (Å²) in [6, 6.07) is 17.3. The lowest BCUT2D eigenvalue weighted by Crippen LogP contribution is -2.13. The van der Waals surface area contributed by atoms with Gasteiger partial charge in [-0.05, 0) is 24.3 Å². The number of anilines is 1. The van der Waals surface area contributed by atoms with E-state index >= 15 is 0 Å². The number of nitrogens with one attached hydrogen (secondary N) is 2. The number of H-pyrrole nitrogens is 1. The number of para-hydroxylation sites is 3. The number of carbonyl (C=O) groups is 1. The van der Waals surface area contributed by atoms with Crippen LogP contribution < -0.4 is 5.32 Å². The standard InChI is InChI=1S/C18H16N6OS/c25-17(20-13-6-2-1-3-7-13)11-26-18-21-16(22-23-18)10-24-12-19-14-8-4-5-9-15(14)24/h1-9,12H,10-11H2,(H,20,25)(H,21,22,23). The molecule has 130 valence electrons. The number of thioether (sulfide) groups is 1. The molecule has 0 unspecified atom stereocenters. The molecule has 4 rings (SSSR count). The minimum Gasteiger partial charge on any atom is -0.325 e. The lowest BCUT2D eigenvalue weighted by atomic mass is 10.3. The SMILES string of the molecule is O=C(CSc1n[nH]c(Cn2cnc3ccccc32)n1)Nc1ccccc1. The first-order valence-corrected chi connectivity index (χ1v) is 9.05. The van der Waals surface area contributed by atoms with Crippen LogP contribution in [0, 0.1) is 0 Å². The minimum atomic E-state index is -0.0897. The molecule has 0 aliphatic rings. The topological polar surface area (TPSA) is 88.5 Å². The molecule has 0 saturated carbocycles. The van der Waals surface area contributed by atoms with Gasteiger partial charge in [-0.2, -0.15) is 0 Å². The summed E-state index contributed by atoms with van der Waals surface area (Å²) in [6.45, 7) is 0.546. The van der Waals surface area contributed by atoms with E-state index in [1.54, 1.807) is 6.33 Å². The molecule has 0 radical (unpaired) electrons. The third-order valence-electron chi connectivity index (χ3n) is 3.75. The van der Waals surface area contributed by atoms with Crippen molar-refractivity contribution in [3.05, 3.63) is 66.7 Å². The van der Waals surface area contributed by atoms with Crippen LogP contribution in [0.5, 0.6) is 0 Å². The molecule has 0 aliphatic carbocycles. The molecule has 8 heteroatoms. The Morgan fingerprint density at radius 3 is 2.81 bits per heavy atom. The predicted molar refractivity (Wildman–Crippen MR) is 101 cm³/mol. The molecule has 2 N–H and O–H groups in total. The molecular weight excluding hydrogens is 348 g/mol. The summed E-state index contributed by atoms with van der Waals surface area (Å²) in [5, 5.41) is 10.5. The smallest absolute Gasteiger partial charge is 0.234 e. The Balaban J connectivity index is 1.35. The third kappa shape index (κ3) is 3.75. The molecule has 7 nitrogen and oxygen atoms in total. The van der Waals surface area contributed by atoms with E-state index in [0.29, 0.717) is 11.7 Å². The fourth-order valence-corrected chi connectivity index (χ4v) is 3.18. The van der Waals surface area contributed by atoms with Crippen LogP contribution in [0.2, 0.25) is 0 Å². The van der Waals surface area contributed by atoms with Crippen LogP contribution in [0.25, 0.3) is 11.0 Å². The zero-order valence-electron chi connectivity index (χ0n) is 13.8. The van der Waals surface area contributed by atoms with Gasteiger partial charge in [-0.15, -0.1) is 5.10 Å². The molecule has 2 heterocycles. The van der Waals surface area contributed by atoms with Crippen molar-refractivity contribution in [1.29, 1.82) is 0 Å². The van der Waals surface area contributed by atoms with Crippen molar-refractivity contribution in [3.63, 3.8) is 0 Å². The van der Waals surface area contributed by atoms with Crippen LogP contribution in [0.1, 0.15) is 5.82 Å². The maximum Gasteiger partial charge on any atom is 0.234 e. The van der Waals surface area contributed by atoms with Crippen molar-refractivity contribution < 1.29 is 4.79 Å². The van der Waals surface area contributed by atoms with Crippen molar-refractivity contribution in [2.45, 2.75) is 11.7 Å². The number of aromatic amines is 1. The summed E-state index contributed by atoms with van der Waals surface area (Å²) in [7, 11) is 0. The highest BCUT2D eigenvalue weighted by Crippen LogP contribution is 2.16. The number of benzene rings is 2. The highest BCUT2D eigenvalue weighted by Gasteiger charge is 2.09. The lowest BCUT2D eigenvalue weighted by Gasteiger charge is -2.03. The van der Waals surface area contributed by atoms with Gasteiger partial charge in [0.1, 0.15) is 5.82 Å². The summed E-state index contributed by atoms with van der Waals surface area (Å²) in [5.74, 6) is 0.882. The number of aromatic nitrogens is 5. The van der Waals surface area contributed by atoms with E-state index in [9.17, 15) is 4.79 Å². The Morgan fingerprint density at radius 1 is 1.12 bits per heavy atom. The average Bonchev–Trinajstić information content (AvgIpc) is 3.29. The van der Waals surface area contributed by atoms with Crippen LogP contribution in [-0.2, 0) is 11.3 Å². The summed E-state index contributed by atoms with van der Waals surface area (Å²) in [5.41, 5.74) is 2.76. The Morgan fingerprint density at radius 2 is 1.92 bits per heavy atom. The molecule has 0 spiro atoms. The maximum absolute atomic E-state index is 12.0. The van der Waals surface area contributed by atoms with Crippen LogP contribution >= 0.6 is 11.8 Å². The number of hydrogen-bond acceptors (Lipinski definition) is 5. The Bertz CT molecular complexity index is 1030. The second kappa shape index (κ2) is 7.40. The van der Waals surface area contributed by atoms with E-state index in [4.69, 9.17) is 0 Å². The predicted octanol–water partition coefficient (Wildman–Crippen LogP) is 2.93. The van der Waals surface area contributed by atoms with Gasteiger partial charge in [0.05, 0.1) is 29.7 Å². The summed E-state index contributed by atoms with van der Waals surface area (Å²) in [6.07, 6.45) is 1.79. The quantitative estimate of drug-likeness (QED) is 0.514. The summed E-state index contributed by atoms with van der Waals surface area (Å²) >= 11 is 1.29. The van der Waals surface area contributed by atoms with Crippen molar-refractivity contribution in [2.75, 3.05) is 11.1 Å². The number of amides is 1. The summed E-state index contributed by atoms with van der Waals surface area (Å²) in [4.78, 5) is 20.8. The van der Waals surface area contributed by atoms with Crippen molar-refractivity contribution in [1.82, 2.24) is 24.7 Å². The van der Waals surface area contributed by atoms with Gasteiger partial charge in [-0.3, -0.25) is 9.89 Å². The van der Waals surface area contributed by atoms with Gasteiger partial charge >= 0.3 is 0 Å². The Labute approximate surface area is 153 Å². The van der Waals surface area contributed by atoms with E-state index < -0.39 is 0 Å². The zero-order valence-corrected chi connectivity index (χ0v) is 14.6. The van der Waals surface area contributed by atoms with Gasteiger partial charge in [0.2, 0.25) is 11.1 Å². The summed E-state index contributed by atoms with van der Waals surface area (Å²) < 4.78 is 2.01. The first kappa shape index (κ1) is 16.3. The molecule has 0 atom stereocenters. The molecule has 2 aromatic carbocycles. The van der Waals surface area contributed by atoms with Crippen LogP contribution in [0.3, 0.4) is 0 Å². The molecule has 0 bridgehead atoms. The fraction of sp³-hybridized carbons (Fsp3) is 0.111. The average molecular weight is 364 g/mol. The van der Waals surface area contributed by atoms with Crippen LogP contribution in [0.15, 0.2) is 66.1 Å². The van der Waals surface area contributed by atoms with E-state index in [2.05, 4.69) is 25.5 Å². The van der Waals surface area contributed by atoms with Gasteiger partial charge in [-0.25, -0.2) is 9.97 Å². The van der Waals surface area contributed by atoms with E-state index in [0.717, 1.165) is 22.5 Å². The molecule has 2 aromatic heterocycles. The van der Waals surface area contributed by atoms with Crippen molar-refractivity contribution >= 4 is 34.4 Å². The van der Waals surface area contributed by atoms with Crippen LogP contribution in [-0.4, -0.2) is 36.4 Å². The number of fused-ring (bicyclic) bond motifs is 1. The molecule has 0 aliphatic heterocycles. The lowest BCUT2D eigenvalue weighted by molar-refractivity contribution is -0.113. The fourth-order valence-electron chi connectivity index (χ4n) is 2.56. The number of rotatable bonds is 6. The van der Waals surface area contributed by atoms with Gasteiger partial charge in [0.15, 0.2) is 0 Å². The molecule has 26 heavy (non-hydrogen) atoms. The van der Waals surface area contributed by atoms with Gasteiger partial charge in [0, 0.05) is 5.69 Å². The van der Waals surface area contributed by atoms with Crippen molar-refractivity contribution in [2.24, 2.45) is 0 Å². The Hall–Kier alpha value is -3.13. The van der Waals surface area contributed by atoms with Gasteiger partial charge < -0.3 is 9.88 Å². The van der Waals surface area contributed by atoms with Gasteiger partial charge in [0.25, 0.3) is 0 Å². The molecule has 0 fully saturated rings. The maximum atomic E-state index is 12.0. The van der Waals surface area contributed by atoms with Crippen molar-refractivity contribution in [3.8, 4) is 0 Å².